The van der Waals surface area contributed by atoms with Gasteiger partial charge in [0, 0.05) is 75.9 Å². The van der Waals surface area contributed by atoms with E-state index in [4.69, 9.17) is 0 Å². The first-order valence-corrected chi connectivity index (χ1v) is 16.7. The van der Waals surface area contributed by atoms with Crippen molar-refractivity contribution in [2.24, 2.45) is 0 Å². The third kappa shape index (κ3) is 5.39. The van der Waals surface area contributed by atoms with Crippen LogP contribution < -0.4 is 27.9 Å². The highest BCUT2D eigenvalue weighted by Crippen LogP contribution is 2.64. The molecular formula is C37H26F6N2O2S2+2. The molecule has 0 aromatic carbocycles. The predicted molar refractivity (Wildman–Crippen MR) is 179 cm³/mol. The molecule has 0 fully saturated rings. The van der Waals surface area contributed by atoms with E-state index in [1.165, 1.54) is 60.7 Å². The summed E-state index contributed by atoms with van der Waals surface area (Å²) in [4.78, 5) is 25.7. The van der Waals surface area contributed by atoms with Crippen molar-refractivity contribution in [3.8, 4) is 0 Å². The minimum absolute atomic E-state index is 0.0301. The number of carbonyl (C=O) groups excluding carboxylic acids is 2. The van der Waals surface area contributed by atoms with Crippen LogP contribution in [0.15, 0.2) is 110 Å². The number of ketones is 2. The molecule has 3 aliphatic carbocycles. The van der Waals surface area contributed by atoms with Gasteiger partial charge < -0.3 is 0 Å². The van der Waals surface area contributed by atoms with E-state index in [9.17, 15) is 9.59 Å². The van der Waals surface area contributed by atoms with E-state index in [0.717, 1.165) is 32.5 Å². The van der Waals surface area contributed by atoms with Gasteiger partial charge in [-0.15, -0.1) is 22.7 Å². The Morgan fingerprint density at radius 1 is 0.490 bits per heavy atom. The molecule has 0 unspecified atom stereocenters. The molecule has 2 aliphatic heterocycles. The van der Waals surface area contributed by atoms with E-state index in [1.807, 2.05) is 14.1 Å². The fourth-order valence-corrected chi connectivity index (χ4v) is 8.30. The van der Waals surface area contributed by atoms with Crippen LogP contribution >= 0.6 is 22.7 Å². The molecule has 0 atom stereocenters. The maximum Gasteiger partial charge on any atom is 0.380 e. The fourth-order valence-electron chi connectivity index (χ4n) is 5.95. The van der Waals surface area contributed by atoms with Crippen molar-refractivity contribution in [1.82, 2.24) is 0 Å². The number of thiophene rings is 2. The topological polar surface area (TPSA) is 43.0 Å². The minimum atomic E-state index is -5.80. The van der Waals surface area contributed by atoms with E-state index >= 15 is 26.3 Å². The first-order chi connectivity index (χ1) is 23.2. The van der Waals surface area contributed by atoms with Gasteiger partial charge in [0.15, 0.2) is 11.6 Å². The second kappa shape index (κ2) is 11.8. The Kier molecular flexibility index (Phi) is 7.90. The Hall–Kier alpha value is -4.62. The van der Waals surface area contributed by atoms with Crippen LogP contribution in [0.2, 0.25) is 0 Å². The number of rotatable bonds is 2. The van der Waals surface area contributed by atoms with Crippen molar-refractivity contribution < 1.29 is 45.7 Å². The molecule has 0 radical (unpaired) electrons. The predicted octanol–water partition coefficient (Wildman–Crippen LogP) is 2.74. The normalized spacial score (nSPS) is 24.8. The zero-order chi connectivity index (χ0) is 34.9. The summed E-state index contributed by atoms with van der Waals surface area (Å²) in [6, 6.07) is 2.49. The number of allylic oxidation sites excluding steroid dienone is 14. The molecule has 0 spiro atoms. The van der Waals surface area contributed by atoms with Crippen LogP contribution in [0.3, 0.4) is 0 Å². The molecule has 0 saturated heterocycles. The number of alkyl halides is 6. The van der Waals surface area contributed by atoms with Crippen LogP contribution in [0, 0.1) is 0 Å². The Balaban J connectivity index is 1.66. The molecule has 4 nitrogen and oxygen atoms in total. The number of carbonyl (C=O) groups is 2. The van der Waals surface area contributed by atoms with Gasteiger partial charge in [-0.3, -0.25) is 19.4 Å². The summed E-state index contributed by atoms with van der Waals surface area (Å²) >= 11 is 1.95. The van der Waals surface area contributed by atoms with Gasteiger partial charge in [-0.2, -0.15) is 26.3 Å². The van der Waals surface area contributed by atoms with Crippen LogP contribution in [0.25, 0.3) is 33.4 Å². The summed E-state index contributed by atoms with van der Waals surface area (Å²) in [5.74, 6) is -17.2. The highest BCUT2D eigenvalue weighted by Gasteiger charge is 2.80. The average molecular weight is 709 g/mol. The van der Waals surface area contributed by atoms with Gasteiger partial charge in [0.1, 0.15) is 0 Å². The molecule has 0 saturated carbocycles. The zero-order valence-corrected chi connectivity index (χ0v) is 27.4. The molecule has 7 rings (SSSR count). The van der Waals surface area contributed by atoms with Crippen molar-refractivity contribution in [2.45, 2.75) is 17.8 Å². The maximum absolute atomic E-state index is 16.3. The molecule has 49 heavy (non-hydrogen) atoms. The second-order valence-electron chi connectivity index (χ2n) is 12.0. The minimum Gasteiger partial charge on any atom is -0.290 e. The summed E-state index contributed by atoms with van der Waals surface area (Å²) in [7, 11) is 3.71. The van der Waals surface area contributed by atoms with Crippen molar-refractivity contribution >= 4 is 67.7 Å². The SMILES string of the molecule is C[NH+]1C=CC(=c2cc(C3=C(c4cc(=C5C=C[NH+](C)C=C5)sc4=C4C=CC(=O)C=C4)C(F)(F)C(F)(F)C3(F)F)c(=C3C=CC(=O)C=C3)s2)C=C1. The molecule has 2 N–H and O–H groups in total. The number of nitrogens with one attached hydrogen (secondary N) is 2. The molecule has 2 aromatic heterocycles. The quantitative estimate of drug-likeness (QED) is 0.472. The van der Waals surface area contributed by atoms with E-state index < -0.39 is 40.0 Å². The number of halogens is 6. The van der Waals surface area contributed by atoms with Gasteiger partial charge in [0.25, 0.3) is 0 Å². The van der Waals surface area contributed by atoms with Gasteiger partial charge in [-0.25, -0.2) is 0 Å². The van der Waals surface area contributed by atoms with Crippen LogP contribution in [0.1, 0.15) is 11.1 Å². The van der Waals surface area contributed by atoms with E-state index in [-0.39, 0.29) is 31.8 Å². The van der Waals surface area contributed by atoms with Crippen LogP contribution in [0.4, 0.5) is 26.3 Å². The molecule has 0 bridgehead atoms. The number of quaternary nitrogens is 2. The lowest BCUT2D eigenvalue weighted by Gasteiger charge is -2.25. The summed E-state index contributed by atoms with van der Waals surface area (Å²) in [5.41, 5.74) is -2.35. The summed E-state index contributed by atoms with van der Waals surface area (Å²) in [6.07, 6.45) is 24.3. The first-order valence-electron chi connectivity index (χ1n) is 15.0. The Morgan fingerprint density at radius 3 is 1.14 bits per heavy atom. The lowest BCUT2D eigenvalue weighted by atomic mass is 9.94. The Morgan fingerprint density at radius 2 is 0.816 bits per heavy atom. The summed E-state index contributed by atoms with van der Waals surface area (Å²) in [5, 5.41) is 0. The third-order valence-electron chi connectivity index (χ3n) is 8.57. The highest BCUT2D eigenvalue weighted by molar-refractivity contribution is 7.08. The summed E-state index contributed by atoms with van der Waals surface area (Å²) < 4.78 is 97.5. The number of hydrogen-bond donors (Lipinski definition) is 2. The Labute approximate surface area is 283 Å². The number of hydrogen-bond acceptors (Lipinski definition) is 4. The Bertz CT molecular complexity index is 2160. The standard InChI is InChI=1S/C37H24F6N2O2S2/c1-44-15-11-21(12-16-44)29-19-27(33(48-29)23-3-7-25(46)8-4-23)31-32(36(40,41)37(42,43)35(31,38)39)28-20-30(22-13-17-45(2)18-14-22)49-34(28)24-5-9-26(47)10-6-24/h3-20H,1-2H3/p+2. The second-order valence-corrected chi connectivity index (χ2v) is 14.1. The average Bonchev–Trinajstić information content (AvgIpc) is 3.72. The van der Waals surface area contributed by atoms with Crippen molar-refractivity contribution in [2.75, 3.05) is 14.1 Å². The lowest BCUT2D eigenvalue weighted by Crippen LogP contribution is -2.99. The van der Waals surface area contributed by atoms with Crippen LogP contribution in [-0.4, -0.2) is 43.4 Å². The van der Waals surface area contributed by atoms with Crippen LogP contribution in [0.5, 0.6) is 0 Å². The van der Waals surface area contributed by atoms with Crippen LogP contribution in [-0.2, 0) is 9.59 Å². The largest absolute Gasteiger partial charge is 0.380 e. The van der Waals surface area contributed by atoms with Gasteiger partial charge in [-0.05, 0) is 71.9 Å². The highest BCUT2D eigenvalue weighted by atomic mass is 32.1. The third-order valence-corrected chi connectivity index (χ3v) is 11.0. The van der Waals surface area contributed by atoms with Crippen molar-refractivity contribution in [1.29, 1.82) is 0 Å². The monoisotopic (exact) mass is 708 g/mol. The maximum atomic E-state index is 16.3. The van der Waals surface area contributed by atoms with Gasteiger partial charge >= 0.3 is 17.8 Å². The molecular weight excluding hydrogens is 683 g/mol. The molecule has 5 aliphatic rings. The van der Waals surface area contributed by atoms with Crippen molar-refractivity contribution in [3.63, 3.8) is 0 Å². The summed E-state index contributed by atoms with van der Waals surface area (Å²) in [6.45, 7) is 0. The van der Waals surface area contributed by atoms with Gasteiger partial charge in [0.05, 0.1) is 38.9 Å². The smallest absolute Gasteiger partial charge is 0.290 e. The molecule has 2 aromatic rings. The first kappa shape index (κ1) is 32.9. The van der Waals surface area contributed by atoms with E-state index in [2.05, 4.69) is 0 Å². The van der Waals surface area contributed by atoms with Gasteiger partial charge in [-0.1, -0.05) is 0 Å². The van der Waals surface area contributed by atoms with Gasteiger partial charge in [0.2, 0.25) is 0 Å². The van der Waals surface area contributed by atoms with E-state index in [0.29, 0.717) is 20.2 Å². The fraction of sp³-hybridized carbons (Fsp3) is 0.135. The van der Waals surface area contributed by atoms with Crippen molar-refractivity contribution in [3.05, 3.63) is 139 Å². The molecule has 248 valence electrons. The lowest BCUT2D eigenvalue weighted by molar-refractivity contribution is -0.766. The molecule has 0 amide bonds. The molecule has 12 heteroatoms. The molecule has 4 heterocycles. The van der Waals surface area contributed by atoms with E-state index in [1.54, 1.807) is 49.1 Å². The zero-order valence-electron chi connectivity index (χ0n) is 25.8.